The Morgan fingerprint density at radius 2 is 1.83 bits per heavy atom. The zero-order chi connectivity index (χ0) is 17.3. The molecular weight excluding hydrogens is 302 g/mol. The fourth-order valence-electron chi connectivity index (χ4n) is 3.11. The third-order valence-electron chi connectivity index (χ3n) is 4.54. The molecule has 0 atom stereocenters. The maximum atomic E-state index is 12.9. The van der Waals surface area contributed by atoms with Crippen LogP contribution in [0.5, 0.6) is 5.75 Å². The number of phenolic OH excluding ortho intramolecular Hbond substituents is 1. The van der Waals surface area contributed by atoms with E-state index in [4.69, 9.17) is 0 Å². The molecule has 2 aromatic rings. The molecule has 2 aromatic carbocycles. The molecule has 0 fully saturated rings. The largest absolute Gasteiger partial charge is 0.507 e. The van der Waals surface area contributed by atoms with Gasteiger partial charge in [0.25, 0.3) is 5.91 Å². The van der Waals surface area contributed by atoms with E-state index in [0.29, 0.717) is 18.7 Å². The molecule has 24 heavy (non-hydrogen) atoms. The van der Waals surface area contributed by atoms with Crippen molar-refractivity contribution >= 4 is 12.2 Å². The van der Waals surface area contributed by atoms with E-state index < -0.39 is 0 Å². The average molecular weight is 323 g/mol. The minimum absolute atomic E-state index is 0.0764. The molecule has 1 N–H and O–H groups in total. The summed E-state index contributed by atoms with van der Waals surface area (Å²) in [5, 5.41) is 10.5. The molecule has 0 aliphatic carbocycles. The van der Waals surface area contributed by atoms with Gasteiger partial charge in [0.15, 0.2) is 0 Å². The lowest BCUT2D eigenvalue weighted by Crippen LogP contribution is -2.25. The molecule has 0 bridgehead atoms. The van der Waals surface area contributed by atoms with E-state index in [1.54, 1.807) is 11.0 Å². The van der Waals surface area contributed by atoms with Gasteiger partial charge in [-0.3, -0.25) is 4.79 Å². The summed E-state index contributed by atoms with van der Waals surface area (Å²) in [5.41, 5.74) is 4.02. The van der Waals surface area contributed by atoms with Crippen LogP contribution < -0.4 is 0 Å². The molecular formula is C20H21NO3. The third kappa shape index (κ3) is 2.92. The second-order valence-corrected chi connectivity index (χ2v) is 6.53. The van der Waals surface area contributed by atoms with Crippen LogP contribution in [0.2, 0.25) is 0 Å². The first kappa shape index (κ1) is 16.2. The van der Waals surface area contributed by atoms with Crippen molar-refractivity contribution in [2.24, 2.45) is 0 Å². The molecule has 1 heterocycles. The van der Waals surface area contributed by atoms with Gasteiger partial charge in [0.1, 0.15) is 12.0 Å². The topological polar surface area (TPSA) is 57.6 Å². The molecule has 3 rings (SSSR count). The fourth-order valence-corrected chi connectivity index (χ4v) is 3.11. The number of fused-ring (bicyclic) bond motifs is 1. The van der Waals surface area contributed by atoms with Crippen LogP contribution in [0.3, 0.4) is 0 Å². The second kappa shape index (κ2) is 6.48. The highest BCUT2D eigenvalue weighted by atomic mass is 16.3. The summed E-state index contributed by atoms with van der Waals surface area (Å²) in [7, 11) is 0. The van der Waals surface area contributed by atoms with Gasteiger partial charge in [0.05, 0.1) is 5.56 Å². The lowest BCUT2D eigenvalue weighted by atomic mass is 9.95. The molecule has 1 aliphatic heterocycles. The lowest BCUT2D eigenvalue weighted by Gasteiger charge is -2.19. The Morgan fingerprint density at radius 3 is 2.38 bits per heavy atom. The Morgan fingerprint density at radius 1 is 1.21 bits per heavy atom. The SMILES string of the molecule is CC(C)c1cc(CC=O)c(O)c(C(=O)N2Cc3ccccc3C2)c1. The van der Waals surface area contributed by atoms with Crippen molar-refractivity contribution in [3.63, 3.8) is 0 Å². The summed E-state index contributed by atoms with van der Waals surface area (Å²) in [6.07, 6.45) is 0.853. The van der Waals surface area contributed by atoms with Crippen molar-refractivity contribution < 1.29 is 14.7 Å². The first-order valence-electron chi connectivity index (χ1n) is 8.16. The molecule has 0 radical (unpaired) electrons. The van der Waals surface area contributed by atoms with Crippen LogP contribution in [0.4, 0.5) is 0 Å². The van der Waals surface area contributed by atoms with E-state index in [2.05, 4.69) is 0 Å². The van der Waals surface area contributed by atoms with Gasteiger partial charge in [-0.05, 0) is 28.7 Å². The lowest BCUT2D eigenvalue weighted by molar-refractivity contribution is -0.107. The monoisotopic (exact) mass is 323 g/mol. The van der Waals surface area contributed by atoms with Crippen molar-refractivity contribution in [2.45, 2.75) is 39.3 Å². The van der Waals surface area contributed by atoms with E-state index in [1.807, 2.05) is 44.2 Å². The quantitative estimate of drug-likeness (QED) is 0.877. The van der Waals surface area contributed by atoms with Gasteiger partial charge in [-0.2, -0.15) is 0 Å². The van der Waals surface area contributed by atoms with Crippen molar-refractivity contribution in [1.29, 1.82) is 0 Å². The highest BCUT2D eigenvalue weighted by molar-refractivity contribution is 5.98. The van der Waals surface area contributed by atoms with Crippen molar-refractivity contribution in [1.82, 2.24) is 4.90 Å². The normalized spacial score (nSPS) is 13.2. The predicted molar refractivity (Wildman–Crippen MR) is 92.0 cm³/mol. The fraction of sp³-hybridized carbons (Fsp3) is 0.300. The molecule has 1 aliphatic rings. The Hall–Kier alpha value is -2.62. The number of carbonyl (C=O) groups excluding carboxylic acids is 2. The number of phenols is 1. The maximum Gasteiger partial charge on any atom is 0.258 e. The minimum Gasteiger partial charge on any atom is -0.507 e. The molecule has 0 unspecified atom stereocenters. The molecule has 0 spiro atoms. The summed E-state index contributed by atoms with van der Waals surface area (Å²) in [5.74, 6) is -0.0656. The number of rotatable bonds is 4. The van der Waals surface area contributed by atoms with Crippen LogP contribution in [0.1, 0.15) is 52.4 Å². The van der Waals surface area contributed by atoms with Gasteiger partial charge in [-0.1, -0.05) is 44.2 Å². The second-order valence-electron chi connectivity index (χ2n) is 6.53. The number of benzene rings is 2. The summed E-state index contributed by atoms with van der Waals surface area (Å²) in [6.45, 7) is 5.14. The molecule has 0 saturated heterocycles. The number of amides is 1. The van der Waals surface area contributed by atoms with Gasteiger partial charge in [-0.25, -0.2) is 0 Å². The Labute approximate surface area is 141 Å². The van der Waals surface area contributed by atoms with Crippen LogP contribution >= 0.6 is 0 Å². The molecule has 4 nitrogen and oxygen atoms in total. The van der Waals surface area contributed by atoms with Crippen molar-refractivity contribution in [2.75, 3.05) is 0 Å². The van der Waals surface area contributed by atoms with E-state index >= 15 is 0 Å². The van der Waals surface area contributed by atoms with Crippen LogP contribution in [0, 0.1) is 0 Å². The first-order chi connectivity index (χ1) is 11.5. The number of hydrogen-bond acceptors (Lipinski definition) is 3. The highest BCUT2D eigenvalue weighted by Crippen LogP contribution is 2.32. The van der Waals surface area contributed by atoms with E-state index in [9.17, 15) is 14.7 Å². The molecule has 4 heteroatoms. The van der Waals surface area contributed by atoms with Crippen molar-refractivity contribution in [3.8, 4) is 5.75 Å². The Bertz CT molecular complexity index is 770. The highest BCUT2D eigenvalue weighted by Gasteiger charge is 2.27. The first-order valence-corrected chi connectivity index (χ1v) is 8.16. The average Bonchev–Trinajstić information content (AvgIpc) is 3.00. The smallest absolute Gasteiger partial charge is 0.258 e. The molecule has 1 amide bonds. The number of aromatic hydroxyl groups is 1. The number of carbonyl (C=O) groups is 2. The van der Waals surface area contributed by atoms with Crippen molar-refractivity contribution in [3.05, 3.63) is 64.2 Å². The number of hydrogen-bond donors (Lipinski definition) is 1. The third-order valence-corrected chi connectivity index (χ3v) is 4.54. The summed E-state index contributed by atoms with van der Waals surface area (Å²) < 4.78 is 0. The van der Waals surface area contributed by atoms with Crippen LogP contribution in [-0.4, -0.2) is 22.2 Å². The van der Waals surface area contributed by atoms with Gasteiger partial charge in [0.2, 0.25) is 0 Å². The zero-order valence-corrected chi connectivity index (χ0v) is 14.0. The standard InChI is InChI=1S/C20H21NO3/c1-13(2)17-9-14(7-8-22)19(23)18(10-17)20(24)21-11-15-5-3-4-6-16(15)12-21/h3-6,8-10,13,23H,7,11-12H2,1-2H3. The van der Waals surface area contributed by atoms with E-state index in [0.717, 1.165) is 23.0 Å². The predicted octanol–water partition coefficient (Wildman–Crippen LogP) is 3.41. The number of aldehydes is 1. The minimum atomic E-state index is -0.196. The van der Waals surface area contributed by atoms with Crippen LogP contribution in [-0.2, 0) is 24.3 Å². The molecule has 124 valence electrons. The van der Waals surface area contributed by atoms with Gasteiger partial charge < -0.3 is 14.8 Å². The van der Waals surface area contributed by atoms with E-state index in [-0.39, 0.29) is 29.6 Å². The summed E-state index contributed by atoms with van der Waals surface area (Å²) >= 11 is 0. The van der Waals surface area contributed by atoms with E-state index in [1.165, 1.54) is 0 Å². The van der Waals surface area contributed by atoms with Gasteiger partial charge in [0, 0.05) is 25.1 Å². The Kier molecular flexibility index (Phi) is 4.38. The van der Waals surface area contributed by atoms with Gasteiger partial charge in [-0.15, -0.1) is 0 Å². The van der Waals surface area contributed by atoms with Gasteiger partial charge >= 0.3 is 0 Å². The number of nitrogens with zero attached hydrogens (tertiary/aromatic N) is 1. The van der Waals surface area contributed by atoms with Crippen LogP contribution in [0.25, 0.3) is 0 Å². The molecule has 0 saturated carbocycles. The zero-order valence-electron chi connectivity index (χ0n) is 14.0. The maximum absolute atomic E-state index is 12.9. The molecule has 0 aromatic heterocycles. The Balaban J connectivity index is 1.96. The van der Waals surface area contributed by atoms with Crippen LogP contribution in [0.15, 0.2) is 36.4 Å². The summed E-state index contributed by atoms with van der Waals surface area (Å²) in [4.78, 5) is 25.6. The summed E-state index contributed by atoms with van der Waals surface area (Å²) in [6, 6.07) is 11.5.